The zero-order valence-corrected chi connectivity index (χ0v) is 32.6. The molecule has 0 saturated heterocycles. The lowest BCUT2D eigenvalue weighted by Crippen LogP contribution is -2.25. The van der Waals surface area contributed by atoms with E-state index < -0.39 is 25.4 Å². The molecular weight excluding hydrogens is 700 g/mol. The molecule has 1 aliphatic rings. The summed E-state index contributed by atoms with van der Waals surface area (Å²) in [5.41, 5.74) is 8.93. The van der Waals surface area contributed by atoms with Gasteiger partial charge in [-0.15, -0.1) is 0 Å². The number of hydrogen-bond donors (Lipinski definition) is 4. The molecule has 2 atom stereocenters. The second-order valence-electron chi connectivity index (χ2n) is 13.7. The highest BCUT2D eigenvalue weighted by Gasteiger charge is 2.41. The van der Waals surface area contributed by atoms with Crippen LogP contribution in [0, 0.1) is 0 Å². The number of fused-ring (bicyclic) bond motifs is 3. The van der Waals surface area contributed by atoms with Crippen molar-refractivity contribution in [1.82, 2.24) is 0 Å². The number of aliphatic hydroxyl groups is 4. The molecule has 10 nitrogen and oxygen atoms in total. The first kappa shape index (κ1) is 41.2. The molecule has 10 heteroatoms. The first-order chi connectivity index (χ1) is 26.7. The topological polar surface area (TPSA) is 136 Å². The van der Waals surface area contributed by atoms with Crippen molar-refractivity contribution in [1.29, 1.82) is 0 Å². The third-order valence-corrected chi connectivity index (χ3v) is 9.93. The van der Waals surface area contributed by atoms with E-state index in [-0.39, 0.29) is 18.6 Å². The van der Waals surface area contributed by atoms with Gasteiger partial charge < -0.3 is 48.8 Å². The predicted molar refractivity (Wildman–Crippen MR) is 217 cm³/mol. The number of methoxy groups -OCH3 is 4. The molecule has 5 rings (SSSR count). The quantitative estimate of drug-likeness (QED) is 0.0677. The Morgan fingerprint density at radius 3 is 1.18 bits per heavy atom. The zero-order valence-electron chi connectivity index (χ0n) is 32.6. The Labute approximate surface area is 324 Å². The van der Waals surface area contributed by atoms with E-state index in [1.807, 2.05) is 36.4 Å². The summed E-state index contributed by atoms with van der Waals surface area (Å²) in [6, 6.07) is 20.9. The summed E-state index contributed by atoms with van der Waals surface area (Å²) in [4.78, 5) is 0. The lowest BCUT2D eigenvalue weighted by Gasteiger charge is -2.32. The average Bonchev–Trinajstić information content (AvgIpc) is 3.47. The lowest BCUT2D eigenvalue weighted by atomic mass is 9.71. The lowest BCUT2D eigenvalue weighted by molar-refractivity contribution is 0.0518. The van der Waals surface area contributed by atoms with Crippen LogP contribution in [0.4, 0.5) is 0 Å². The fraction of sp³-hybridized carbons (Fsp3) is 0.378. The highest BCUT2D eigenvalue weighted by Crippen LogP contribution is 2.54. The molecule has 1 aliphatic carbocycles. The van der Waals surface area contributed by atoms with Crippen LogP contribution in [0.5, 0.6) is 34.5 Å². The molecule has 4 aromatic carbocycles. The van der Waals surface area contributed by atoms with Crippen LogP contribution in [0.1, 0.15) is 72.9 Å². The Bertz CT molecular complexity index is 1770. The van der Waals surface area contributed by atoms with Crippen LogP contribution in [0.25, 0.3) is 35.4 Å². The van der Waals surface area contributed by atoms with E-state index in [4.69, 9.17) is 28.4 Å². The standard InChI is InChI=1S/C45H54O10/c1-7-17-45(18-8-2)37-19-29(9-11-31-21-39(50-3)43(40(22-31)51-4)54-27-33(48)25-46)13-15-35(37)36-16-14-30(20-38(36)45)10-12-32-23-41(52-5)44(42(24-32)53-6)55-28-34(49)26-47/h9-16,19-24,33-34,46-49H,7-8,17-18,25-28H2,1-6H3/b11-9+,12-10+. The molecule has 0 saturated carbocycles. The van der Waals surface area contributed by atoms with Crippen molar-refractivity contribution < 1.29 is 48.8 Å². The van der Waals surface area contributed by atoms with Gasteiger partial charge in [0.2, 0.25) is 11.5 Å². The van der Waals surface area contributed by atoms with Gasteiger partial charge in [0.05, 0.1) is 41.7 Å². The van der Waals surface area contributed by atoms with E-state index >= 15 is 0 Å². The Kier molecular flexibility index (Phi) is 14.3. The Balaban J connectivity index is 1.47. The van der Waals surface area contributed by atoms with Crippen LogP contribution in [-0.2, 0) is 5.41 Å². The minimum atomic E-state index is -1.02. The number of ether oxygens (including phenoxy) is 6. The third-order valence-electron chi connectivity index (χ3n) is 9.93. The van der Waals surface area contributed by atoms with Crippen LogP contribution in [0.2, 0.25) is 0 Å². The van der Waals surface area contributed by atoms with Gasteiger partial charge in [-0.3, -0.25) is 0 Å². The van der Waals surface area contributed by atoms with Crippen LogP contribution in [-0.4, -0.2) is 87.5 Å². The van der Waals surface area contributed by atoms with Crippen LogP contribution >= 0.6 is 0 Å². The molecule has 0 aromatic heterocycles. The monoisotopic (exact) mass is 754 g/mol. The van der Waals surface area contributed by atoms with Gasteiger partial charge in [0.1, 0.15) is 25.4 Å². The van der Waals surface area contributed by atoms with Crippen molar-refractivity contribution in [2.45, 2.75) is 57.2 Å². The SMILES string of the molecule is CCCC1(CCC)c2cc(/C=C/c3cc(OC)c(OCC(O)CO)c(OC)c3)ccc2-c2ccc(/C=C/c3cc(OC)c(OCC(O)CO)c(OC)c3)cc21. The minimum Gasteiger partial charge on any atom is -0.493 e. The minimum absolute atomic E-state index is 0.0978. The van der Waals surface area contributed by atoms with Gasteiger partial charge in [0.25, 0.3) is 0 Å². The van der Waals surface area contributed by atoms with Gasteiger partial charge in [0.15, 0.2) is 23.0 Å². The molecule has 0 amide bonds. The van der Waals surface area contributed by atoms with Crippen molar-refractivity contribution in [3.63, 3.8) is 0 Å². The summed E-state index contributed by atoms with van der Waals surface area (Å²) < 4.78 is 33.9. The van der Waals surface area contributed by atoms with Gasteiger partial charge in [-0.25, -0.2) is 0 Å². The summed E-state index contributed by atoms with van der Waals surface area (Å²) >= 11 is 0. The third kappa shape index (κ3) is 9.11. The van der Waals surface area contributed by atoms with E-state index in [0.717, 1.165) is 47.9 Å². The first-order valence-electron chi connectivity index (χ1n) is 18.7. The van der Waals surface area contributed by atoms with Gasteiger partial charge in [0, 0.05) is 5.41 Å². The van der Waals surface area contributed by atoms with E-state index in [1.165, 1.54) is 22.3 Å². The molecule has 0 fully saturated rings. The Hall–Kier alpha value is -5.00. The van der Waals surface area contributed by atoms with Gasteiger partial charge in [-0.05, 0) is 81.6 Å². The molecule has 0 heterocycles. The summed E-state index contributed by atoms with van der Waals surface area (Å²) in [5.74, 6) is 2.57. The van der Waals surface area contributed by atoms with Crippen molar-refractivity contribution >= 4 is 24.3 Å². The summed E-state index contributed by atoms with van der Waals surface area (Å²) in [6.45, 7) is 3.48. The van der Waals surface area contributed by atoms with Crippen LogP contribution in [0.15, 0.2) is 60.7 Å². The van der Waals surface area contributed by atoms with Gasteiger partial charge >= 0.3 is 0 Å². The number of rotatable bonds is 20. The molecule has 4 aromatic rings. The summed E-state index contributed by atoms with van der Waals surface area (Å²) in [5, 5.41) is 38.0. The maximum absolute atomic E-state index is 9.80. The second-order valence-corrected chi connectivity index (χ2v) is 13.7. The normalized spacial score (nSPS) is 14.1. The number of benzene rings is 4. The highest BCUT2D eigenvalue weighted by molar-refractivity contribution is 5.85. The Morgan fingerprint density at radius 1 is 0.527 bits per heavy atom. The highest BCUT2D eigenvalue weighted by atomic mass is 16.5. The molecule has 55 heavy (non-hydrogen) atoms. The zero-order chi connectivity index (χ0) is 39.5. The predicted octanol–water partition coefficient (Wildman–Crippen LogP) is 7.39. The van der Waals surface area contributed by atoms with Crippen molar-refractivity contribution in [2.24, 2.45) is 0 Å². The van der Waals surface area contributed by atoms with Crippen LogP contribution in [0.3, 0.4) is 0 Å². The van der Waals surface area contributed by atoms with Crippen molar-refractivity contribution in [3.8, 4) is 45.6 Å². The molecular formula is C45H54O10. The maximum Gasteiger partial charge on any atom is 0.203 e. The molecule has 0 radical (unpaired) electrons. The summed E-state index contributed by atoms with van der Waals surface area (Å²) in [6.07, 6.45) is 10.3. The average molecular weight is 755 g/mol. The molecule has 2 unspecified atom stereocenters. The second kappa shape index (κ2) is 19.0. The van der Waals surface area contributed by atoms with E-state index in [2.05, 4.69) is 62.4 Å². The molecule has 4 N–H and O–H groups in total. The molecule has 294 valence electrons. The number of aliphatic hydroxyl groups excluding tert-OH is 4. The van der Waals surface area contributed by atoms with Crippen molar-refractivity contribution in [2.75, 3.05) is 54.9 Å². The summed E-state index contributed by atoms with van der Waals surface area (Å²) in [7, 11) is 6.20. The van der Waals surface area contributed by atoms with Crippen molar-refractivity contribution in [3.05, 3.63) is 94.0 Å². The smallest absolute Gasteiger partial charge is 0.203 e. The van der Waals surface area contributed by atoms with E-state index in [0.29, 0.717) is 34.5 Å². The first-order valence-corrected chi connectivity index (χ1v) is 18.7. The largest absolute Gasteiger partial charge is 0.493 e. The molecule has 0 bridgehead atoms. The molecule has 0 aliphatic heterocycles. The van der Waals surface area contributed by atoms with Gasteiger partial charge in [-0.2, -0.15) is 0 Å². The fourth-order valence-electron chi connectivity index (χ4n) is 7.38. The Morgan fingerprint density at radius 2 is 0.873 bits per heavy atom. The number of hydrogen-bond acceptors (Lipinski definition) is 10. The molecule has 0 spiro atoms. The van der Waals surface area contributed by atoms with Gasteiger partial charge in [-0.1, -0.05) is 87.4 Å². The maximum atomic E-state index is 9.80. The van der Waals surface area contributed by atoms with E-state index in [9.17, 15) is 20.4 Å². The fourth-order valence-corrected chi connectivity index (χ4v) is 7.38. The van der Waals surface area contributed by atoms with Crippen LogP contribution < -0.4 is 28.4 Å². The van der Waals surface area contributed by atoms with E-state index in [1.54, 1.807) is 28.4 Å².